The van der Waals surface area contributed by atoms with E-state index in [4.69, 9.17) is 0 Å². The number of hydrogen-bond donors (Lipinski definition) is 2. The number of nitrogens with one attached hydrogen (secondary N) is 2. The van der Waals surface area contributed by atoms with Crippen LogP contribution in [-0.2, 0) is 16.1 Å². The van der Waals surface area contributed by atoms with Gasteiger partial charge in [0, 0.05) is 23.4 Å². The van der Waals surface area contributed by atoms with Crippen molar-refractivity contribution in [2.45, 2.75) is 6.54 Å². The van der Waals surface area contributed by atoms with Gasteiger partial charge in [-0.15, -0.1) is 0 Å². The average Bonchev–Trinajstić information content (AvgIpc) is 2.53. The zero-order valence-corrected chi connectivity index (χ0v) is 13.1. The van der Waals surface area contributed by atoms with Gasteiger partial charge in [-0.1, -0.05) is 34.1 Å². The molecule has 0 saturated heterocycles. The monoisotopic (exact) mass is 360 g/mol. The van der Waals surface area contributed by atoms with Crippen molar-refractivity contribution in [3.8, 4) is 0 Å². The van der Waals surface area contributed by atoms with Crippen molar-refractivity contribution < 1.29 is 9.59 Å². The maximum absolute atomic E-state index is 11.6. The summed E-state index contributed by atoms with van der Waals surface area (Å²) in [7, 11) is 0. The second-order valence-corrected chi connectivity index (χ2v) is 5.21. The van der Waals surface area contributed by atoms with E-state index in [0.717, 1.165) is 15.6 Å². The number of aromatic nitrogens is 1. The van der Waals surface area contributed by atoms with Crippen LogP contribution in [0.25, 0.3) is 0 Å². The smallest absolute Gasteiger partial charge is 0.329 e. The molecule has 0 aliphatic carbocycles. The second-order valence-electron chi connectivity index (χ2n) is 4.30. The Kier molecular flexibility index (Phi) is 5.79. The lowest BCUT2D eigenvalue weighted by molar-refractivity contribution is -0.139. The van der Waals surface area contributed by atoms with Crippen molar-refractivity contribution in [1.82, 2.24) is 15.7 Å². The van der Waals surface area contributed by atoms with Gasteiger partial charge in [0.25, 0.3) is 0 Å². The maximum Gasteiger partial charge on any atom is 0.329 e. The van der Waals surface area contributed by atoms with Crippen LogP contribution in [0.5, 0.6) is 0 Å². The van der Waals surface area contributed by atoms with Crippen molar-refractivity contribution >= 4 is 34.0 Å². The van der Waals surface area contributed by atoms with E-state index in [1.807, 2.05) is 24.3 Å². The Labute approximate surface area is 135 Å². The number of nitrogens with zero attached hydrogens (tertiary/aromatic N) is 2. The van der Waals surface area contributed by atoms with Gasteiger partial charge >= 0.3 is 11.8 Å². The predicted molar refractivity (Wildman–Crippen MR) is 86.0 cm³/mol. The van der Waals surface area contributed by atoms with Gasteiger partial charge in [0.15, 0.2) is 0 Å². The molecule has 1 aromatic heterocycles. The Bertz CT molecular complexity index is 689. The number of benzene rings is 1. The van der Waals surface area contributed by atoms with Crippen LogP contribution in [0.15, 0.2) is 58.4 Å². The molecule has 2 aromatic rings. The van der Waals surface area contributed by atoms with Crippen LogP contribution in [0, 0.1) is 0 Å². The summed E-state index contributed by atoms with van der Waals surface area (Å²) in [6.07, 6.45) is 4.70. The first-order chi connectivity index (χ1) is 10.6. The van der Waals surface area contributed by atoms with Gasteiger partial charge in [-0.2, -0.15) is 5.10 Å². The molecule has 0 unspecified atom stereocenters. The molecule has 0 aliphatic rings. The van der Waals surface area contributed by atoms with Crippen molar-refractivity contribution in [3.05, 3.63) is 64.4 Å². The van der Waals surface area contributed by atoms with E-state index < -0.39 is 11.8 Å². The number of hydrogen-bond acceptors (Lipinski definition) is 4. The molecule has 0 saturated carbocycles. The molecule has 1 aromatic carbocycles. The summed E-state index contributed by atoms with van der Waals surface area (Å²) in [6, 6.07) is 10.9. The number of pyridine rings is 1. The first-order valence-corrected chi connectivity index (χ1v) is 7.20. The molecule has 0 spiro atoms. The van der Waals surface area contributed by atoms with Crippen molar-refractivity contribution in [2.24, 2.45) is 5.10 Å². The Morgan fingerprint density at radius 3 is 2.82 bits per heavy atom. The number of rotatable bonds is 4. The quantitative estimate of drug-likeness (QED) is 0.493. The third kappa shape index (κ3) is 5.10. The number of halogens is 1. The highest BCUT2D eigenvalue weighted by Gasteiger charge is 2.11. The van der Waals surface area contributed by atoms with E-state index in [1.54, 1.807) is 24.5 Å². The van der Waals surface area contributed by atoms with Crippen molar-refractivity contribution in [2.75, 3.05) is 0 Å². The summed E-state index contributed by atoms with van der Waals surface area (Å²) >= 11 is 3.33. The normalized spacial score (nSPS) is 10.4. The van der Waals surface area contributed by atoms with E-state index in [0.29, 0.717) is 0 Å². The van der Waals surface area contributed by atoms with Crippen LogP contribution in [0.2, 0.25) is 0 Å². The number of carbonyl (C=O) groups is 2. The summed E-state index contributed by atoms with van der Waals surface area (Å²) in [5.41, 5.74) is 3.78. The third-order valence-electron chi connectivity index (χ3n) is 2.61. The lowest BCUT2D eigenvalue weighted by Crippen LogP contribution is -2.37. The highest BCUT2D eigenvalue weighted by molar-refractivity contribution is 9.10. The molecule has 2 amide bonds. The third-order valence-corrected chi connectivity index (χ3v) is 3.10. The second kappa shape index (κ2) is 8.04. The molecule has 0 radical (unpaired) electrons. The SMILES string of the molecule is O=C(NCc1cccnc1)C(=O)N/N=C\c1cccc(Br)c1. The minimum Gasteiger partial charge on any atom is -0.344 e. The zero-order valence-electron chi connectivity index (χ0n) is 11.5. The number of amides is 2. The van der Waals surface area contributed by atoms with Gasteiger partial charge in [0.05, 0.1) is 6.21 Å². The molecule has 6 nitrogen and oxygen atoms in total. The fourth-order valence-electron chi connectivity index (χ4n) is 1.57. The lowest BCUT2D eigenvalue weighted by atomic mass is 10.2. The highest BCUT2D eigenvalue weighted by atomic mass is 79.9. The van der Waals surface area contributed by atoms with Crippen LogP contribution < -0.4 is 10.7 Å². The maximum atomic E-state index is 11.6. The van der Waals surface area contributed by atoms with Gasteiger partial charge in [0.1, 0.15) is 0 Å². The Morgan fingerprint density at radius 2 is 2.09 bits per heavy atom. The molecule has 7 heteroatoms. The topological polar surface area (TPSA) is 83.5 Å². The fourth-order valence-corrected chi connectivity index (χ4v) is 1.99. The summed E-state index contributed by atoms with van der Waals surface area (Å²) in [6.45, 7) is 0.232. The van der Waals surface area contributed by atoms with E-state index in [9.17, 15) is 9.59 Å². The minimum absolute atomic E-state index is 0.232. The van der Waals surface area contributed by atoms with Crippen LogP contribution in [0.3, 0.4) is 0 Å². The Hall–Kier alpha value is -2.54. The molecule has 0 bridgehead atoms. The summed E-state index contributed by atoms with van der Waals surface area (Å²) in [5, 5.41) is 6.22. The van der Waals surface area contributed by atoms with Crippen LogP contribution >= 0.6 is 15.9 Å². The van der Waals surface area contributed by atoms with E-state index in [2.05, 4.69) is 36.8 Å². The number of carbonyl (C=O) groups excluding carboxylic acids is 2. The largest absolute Gasteiger partial charge is 0.344 e. The first kappa shape index (κ1) is 15.8. The van der Waals surface area contributed by atoms with E-state index in [-0.39, 0.29) is 6.54 Å². The van der Waals surface area contributed by atoms with Gasteiger partial charge in [-0.05, 0) is 29.3 Å². The zero-order chi connectivity index (χ0) is 15.8. The van der Waals surface area contributed by atoms with E-state index >= 15 is 0 Å². The fraction of sp³-hybridized carbons (Fsp3) is 0.0667. The minimum atomic E-state index is -0.824. The lowest BCUT2D eigenvalue weighted by Gasteiger charge is -2.03. The molecule has 2 N–H and O–H groups in total. The van der Waals surface area contributed by atoms with Crippen LogP contribution in [0.4, 0.5) is 0 Å². The van der Waals surface area contributed by atoms with Crippen molar-refractivity contribution in [1.29, 1.82) is 0 Å². The van der Waals surface area contributed by atoms with E-state index in [1.165, 1.54) is 6.21 Å². The number of hydrazone groups is 1. The molecular formula is C15H13BrN4O2. The molecule has 22 heavy (non-hydrogen) atoms. The molecule has 0 atom stereocenters. The molecular weight excluding hydrogens is 348 g/mol. The standard InChI is InChI=1S/C15H13BrN4O2/c16-13-5-1-3-11(7-13)10-19-20-15(22)14(21)18-9-12-4-2-6-17-8-12/h1-8,10H,9H2,(H,18,21)(H,20,22)/b19-10-. The predicted octanol–water partition coefficient (Wildman–Crippen LogP) is 1.61. The highest BCUT2D eigenvalue weighted by Crippen LogP contribution is 2.09. The van der Waals surface area contributed by atoms with Gasteiger partial charge in [-0.25, -0.2) is 5.43 Å². The Morgan fingerprint density at radius 1 is 1.23 bits per heavy atom. The summed E-state index contributed by atoms with van der Waals surface area (Å²) in [4.78, 5) is 27.1. The average molecular weight is 361 g/mol. The molecule has 0 fully saturated rings. The van der Waals surface area contributed by atoms with Crippen LogP contribution in [0.1, 0.15) is 11.1 Å². The summed E-state index contributed by atoms with van der Waals surface area (Å²) < 4.78 is 0.900. The summed E-state index contributed by atoms with van der Waals surface area (Å²) in [5.74, 6) is -1.58. The van der Waals surface area contributed by atoms with Gasteiger partial charge in [-0.3, -0.25) is 14.6 Å². The first-order valence-electron chi connectivity index (χ1n) is 6.41. The molecule has 1 heterocycles. The molecule has 0 aliphatic heterocycles. The van der Waals surface area contributed by atoms with Gasteiger partial charge in [0.2, 0.25) is 0 Å². The van der Waals surface area contributed by atoms with Crippen LogP contribution in [-0.4, -0.2) is 23.0 Å². The molecule has 112 valence electrons. The molecule has 2 rings (SSSR count). The van der Waals surface area contributed by atoms with Gasteiger partial charge < -0.3 is 5.32 Å². The Balaban J connectivity index is 1.80. The van der Waals surface area contributed by atoms with Crippen molar-refractivity contribution in [3.63, 3.8) is 0 Å².